The minimum Gasteiger partial charge on any atom is -0.376 e. The van der Waals surface area contributed by atoms with Gasteiger partial charge >= 0.3 is 0 Å². The number of rotatable bonds is 3. The molecule has 1 amide bonds. The van der Waals surface area contributed by atoms with E-state index in [0.717, 1.165) is 30.0 Å². The largest absolute Gasteiger partial charge is 0.376 e. The van der Waals surface area contributed by atoms with E-state index in [4.69, 9.17) is 0 Å². The van der Waals surface area contributed by atoms with Gasteiger partial charge in [-0.05, 0) is 43.4 Å². The van der Waals surface area contributed by atoms with Crippen LogP contribution in [0.3, 0.4) is 0 Å². The number of amidine groups is 1. The summed E-state index contributed by atoms with van der Waals surface area (Å²) in [5.74, 6) is 1.19. The molecule has 1 aliphatic carbocycles. The van der Waals surface area contributed by atoms with E-state index in [1.807, 2.05) is 12.1 Å². The summed E-state index contributed by atoms with van der Waals surface area (Å²) >= 11 is 1.60. The first kappa shape index (κ1) is 18.5. The Labute approximate surface area is 159 Å². The third kappa shape index (κ3) is 5.36. The molecular weight excluding hydrogens is 342 g/mol. The molecule has 1 atom stereocenters. The number of fused-ring (bicyclic) bond motifs is 1. The molecule has 136 valence electrons. The summed E-state index contributed by atoms with van der Waals surface area (Å²) in [5.41, 5.74) is 4.42. The van der Waals surface area contributed by atoms with Crippen LogP contribution >= 0.6 is 11.8 Å². The maximum atomic E-state index is 12.3. The summed E-state index contributed by atoms with van der Waals surface area (Å²) in [6.07, 6.45) is 12.4. The molecule has 1 aromatic rings. The zero-order valence-corrected chi connectivity index (χ0v) is 16.1. The average molecular weight is 368 g/mol. The number of nitrogens with one attached hydrogen (secondary N) is 2. The number of hydrogen-bond donors (Lipinski definition) is 2. The lowest BCUT2D eigenvalue weighted by molar-refractivity contribution is -0.118. The van der Waals surface area contributed by atoms with Gasteiger partial charge in [-0.3, -0.25) is 4.79 Å². The van der Waals surface area contributed by atoms with Crippen molar-refractivity contribution in [1.29, 1.82) is 0 Å². The van der Waals surface area contributed by atoms with Crippen molar-refractivity contribution in [2.45, 2.75) is 26.7 Å². The molecule has 0 saturated heterocycles. The number of carbonyl (C=O) groups is 1. The van der Waals surface area contributed by atoms with Crippen LogP contribution in [-0.4, -0.2) is 23.4 Å². The zero-order valence-electron chi connectivity index (χ0n) is 15.3. The first-order valence-corrected chi connectivity index (χ1v) is 9.98. The minimum atomic E-state index is -0.0774. The number of benzene rings is 1. The third-order valence-electron chi connectivity index (χ3n) is 4.22. The number of aryl methyl sites for hydroxylation is 2. The summed E-state index contributed by atoms with van der Waals surface area (Å²) in [6, 6.07) is 6.26. The van der Waals surface area contributed by atoms with Gasteiger partial charge in [0, 0.05) is 11.4 Å². The third-order valence-corrected chi connectivity index (χ3v) is 5.09. The quantitative estimate of drug-likeness (QED) is 0.794. The van der Waals surface area contributed by atoms with Gasteiger partial charge in [0.1, 0.15) is 0 Å². The van der Waals surface area contributed by atoms with Crippen LogP contribution in [0.1, 0.15) is 24.5 Å². The number of aliphatic imine (C=N–C) groups is 1. The van der Waals surface area contributed by atoms with E-state index in [9.17, 15) is 4.79 Å². The Bertz CT molecular complexity index is 792. The van der Waals surface area contributed by atoms with Gasteiger partial charge in [0.05, 0.1) is 12.2 Å². The lowest BCUT2D eigenvalue weighted by Crippen LogP contribution is -2.36. The highest BCUT2D eigenvalue weighted by Gasteiger charge is 2.13. The number of thioether (sulfide) groups is 1. The molecule has 0 aromatic heterocycles. The standard InChI is InChI=1S/C21H25N3OS/c1-15-6-4-3-5-7-18(13-15)22-14-20(25)24-21-23-19-9-8-16(2)12-17(19)10-11-26-21/h4-9,12-13,15,22H,3,10-11,14H2,1-2H3,(H,23,24,25)/b6-4-,7-5?,18-13?. The molecule has 1 unspecified atom stereocenters. The van der Waals surface area contributed by atoms with E-state index in [-0.39, 0.29) is 12.5 Å². The molecule has 0 fully saturated rings. The van der Waals surface area contributed by atoms with Gasteiger partial charge in [-0.2, -0.15) is 0 Å². The molecule has 0 radical (unpaired) electrons. The number of carbonyl (C=O) groups excluding carboxylic acids is 1. The van der Waals surface area contributed by atoms with E-state index in [1.165, 1.54) is 11.1 Å². The van der Waals surface area contributed by atoms with Crippen LogP contribution in [0.25, 0.3) is 0 Å². The predicted molar refractivity (Wildman–Crippen MR) is 111 cm³/mol. The second kappa shape index (κ2) is 8.90. The second-order valence-electron chi connectivity index (χ2n) is 6.60. The summed E-state index contributed by atoms with van der Waals surface area (Å²) in [7, 11) is 0. The van der Waals surface area contributed by atoms with Crippen LogP contribution in [0.4, 0.5) is 5.69 Å². The van der Waals surface area contributed by atoms with Crippen LogP contribution in [0, 0.1) is 12.8 Å². The fourth-order valence-electron chi connectivity index (χ4n) is 2.91. The van der Waals surface area contributed by atoms with Gasteiger partial charge < -0.3 is 10.6 Å². The lowest BCUT2D eigenvalue weighted by atomic mass is 10.1. The van der Waals surface area contributed by atoms with Crippen molar-refractivity contribution in [2.75, 3.05) is 12.3 Å². The van der Waals surface area contributed by atoms with Crippen molar-refractivity contribution in [2.24, 2.45) is 10.9 Å². The molecule has 2 N–H and O–H groups in total. The van der Waals surface area contributed by atoms with Gasteiger partial charge in [0.15, 0.2) is 5.17 Å². The average Bonchev–Trinajstić information content (AvgIpc) is 2.78. The van der Waals surface area contributed by atoms with Gasteiger partial charge in [0.25, 0.3) is 0 Å². The van der Waals surface area contributed by atoms with E-state index in [1.54, 1.807) is 11.8 Å². The fraction of sp³-hybridized carbons (Fsp3) is 0.333. The highest BCUT2D eigenvalue weighted by molar-refractivity contribution is 8.13. The van der Waals surface area contributed by atoms with Crippen molar-refractivity contribution in [3.8, 4) is 0 Å². The van der Waals surface area contributed by atoms with Crippen LogP contribution in [0.2, 0.25) is 0 Å². The first-order chi connectivity index (χ1) is 12.6. The summed E-state index contributed by atoms with van der Waals surface area (Å²) in [5, 5.41) is 6.83. The number of allylic oxidation sites excluding steroid dienone is 5. The second-order valence-corrected chi connectivity index (χ2v) is 7.68. The van der Waals surface area contributed by atoms with Crippen molar-refractivity contribution in [1.82, 2.24) is 10.6 Å². The van der Waals surface area contributed by atoms with E-state index < -0.39 is 0 Å². The highest BCUT2D eigenvalue weighted by atomic mass is 32.2. The van der Waals surface area contributed by atoms with Crippen LogP contribution in [-0.2, 0) is 11.2 Å². The van der Waals surface area contributed by atoms with Crippen molar-refractivity contribution >= 4 is 28.5 Å². The van der Waals surface area contributed by atoms with Crippen molar-refractivity contribution < 1.29 is 4.79 Å². The Morgan fingerprint density at radius 2 is 2.23 bits per heavy atom. The first-order valence-electron chi connectivity index (χ1n) is 9.00. The molecule has 1 heterocycles. The molecule has 4 nitrogen and oxygen atoms in total. The monoisotopic (exact) mass is 367 g/mol. The fourth-order valence-corrected chi connectivity index (χ4v) is 3.78. The Hall–Kier alpha value is -2.27. The lowest BCUT2D eigenvalue weighted by Gasteiger charge is -2.11. The molecule has 2 aliphatic rings. The van der Waals surface area contributed by atoms with Crippen LogP contribution in [0.5, 0.6) is 0 Å². The van der Waals surface area contributed by atoms with E-state index in [2.05, 4.69) is 65.9 Å². The SMILES string of the molecule is Cc1ccc2c(c1)CCSC(NC(=O)CNC1=CC(C)/C=C\CC=C1)=N2. The van der Waals surface area contributed by atoms with Crippen molar-refractivity contribution in [3.05, 3.63) is 65.4 Å². The summed E-state index contributed by atoms with van der Waals surface area (Å²) in [6.45, 7) is 4.45. The smallest absolute Gasteiger partial charge is 0.245 e. The van der Waals surface area contributed by atoms with E-state index >= 15 is 0 Å². The topological polar surface area (TPSA) is 53.5 Å². The Kier molecular flexibility index (Phi) is 6.34. The Balaban J connectivity index is 1.60. The molecule has 0 bridgehead atoms. The number of hydrogen-bond acceptors (Lipinski definition) is 4. The summed E-state index contributed by atoms with van der Waals surface area (Å²) in [4.78, 5) is 17.0. The van der Waals surface area contributed by atoms with E-state index in [0.29, 0.717) is 11.1 Å². The van der Waals surface area contributed by atoms with Gasteiger partial charge in [-0.15, -0.1) is 0 Å². The molecule has 0 saturated carbocycles. The Morgan fingerprint density at radius 1 is 1.35 bits per heavy atom. The van der Waals surface area contributed by atoms with Crippen LogP contribution in [0.15, 0.2) is 59.3 Å². The van der Waals surface area contributed by atoms with Crippen LogP contribution < -0.4 is 10.6 Å². The molecule has 26 heavy (non-hydrogen) atoms. The van der Waals surface area contributed by atoms with Gasteiger partial charge in [-0.1, -0.05) is 60.7 Å². The number of nitrogens with zero attached hydrogens (tertiary/aromatic N) is 1. The molecular formula is C21H25N3OS. The highest BCUT2D eigenvalue weighted by Crippen LogP contribution is 2.26. The molecule has 1 aliphatic heterocycles. The zero-order chi connectivity index (χ0) is 18.4. The normalized spacial score (nSPS) is 20.6. The molecule has 1 aromatic carbocycles. The Morgan fingerprint density at radius 3 is 3.12 bits per heavy atom. The molecule has 3 rings (SSSR count). The summed E-state index contributed by atoms with van der Waals surface area (Å²) < 4.78 is 0. The van der Waals surface area contributed by atoms with Gasteiger partial charge in [0.2, 0.25) is 5.91 Å². The maximum absolute atomic E-state index is 12.3. The maximum Gasteiger partial charge on any atom is 0.245 e. The number of amides is 1. The van der Waals surface area contributed by atoms with Crippen molar-refractivity contribution in [3.63, 3.8) is 0 Å². The predicted octanol–water partition coefficient (Wildman–Crippen LogP) is 4.01. The van der Waals surface area contributed by atoms with Gasteiger partial charge in [-0.25, -0.2) is 4.99 Å². The minimum absolute atomic E-state index is 0.0774. The molecule has 0 spiro atoms. The molecule has 5 heteroatoms.